The number of hydrogen-bond acceptors (Lipinski definition) is 4. The minimum atomic E-state index is 0.543. The number of aromatic nitrogens is 2. The van der Waals surface area contributed by atoms with Crippen molar-refractivity contribution in [3.63, 3.8) is 0 Å². The van der Waals surface area contributed by atoms with Gasteiger partial charge in [-0.05, 0) is 31.5 Å². The van der Waals surface area contributed by atoms with Gasteiger partial charge in [-0.1, -0.05) is 6.07 Å². The van der Waals surface area contributed by atoms with Gasteiger partial charge >= 0.3 is 0 Å². The minimum absolute atomic E-state index is 0.543. The lowest BCUT2D eigenvalue weighted by atomic mass is 10.2. The van der Waals surface area contributed by atoms with Crippen LogP contribution in [0.2, 0.25) is 0 Å². The zero-order chi connectivity index (χ0) is 15.1. The number of aryl methyl sites for hydroxylation is 2. The molecular weight excluding hydrogens is 266 g/mol. The van der Waals surface area contributed by atoms with Gasteiger partial charge < -0.3 is 19.4 Å². The van der Waals surface area contributed by atoms with Crippen LogP contribution in [0.3, 0.4) is 0 Å². The second kappa shape index (κ2) is 7.69. The van der Waals surface area contributed by atoms with Crippen molar-refractivity contribution in [3.05, 3.63) is 42.0 Å². The summed E-state index contributed by atoms with van der Waals surface area (Å²) in [6.07, 6.45) is 3.73. The fraction of sp³-hybridized carbons (Fsp3) is 0.438. The van der Waals surface area contributed by atoms with E-state index in [9.17, 15) is 0 Å². The third kappa shape index (κ3) is 4.23. The van der Waals surface area contributed by atoms with Crippen molar-refractivity contribution in [2.75, 3.05) is 25.6 Å². The Balaban J connectivity index is 2.04. The predicted octanol–water partition coefficient (Wildman–Crippen LogP) is 2.85. The fourth-order valence-electron chi connectivity index (χ4n) is 2.10. The Morgan fingerprint density at radius 3 is 2.90 bits per heavy atom. The molecule has 0 atom stereocenters. The van der Waals surface area contributed by atoms with Crippen LogP contribution in [0.25, 0.3) is 0 Å². The smallest absolute Gasteiger partial charge is 0.142 e. The number of imidazole rings is 1. The SMILES string of the molecule is CCn1cncc1CNc1ccc(C)cc1OCCOC. The topological polar surface area (TPSA) is 48.3 Å². The van der Waals surface area contributed by atoms with Crippen molar-refractivity contribution in [1.29, 1.82) is 0 Å². The lowest BCUT2D eigenvalue weighted by Crippen LogP contribution is -2.09. The predicted molar refractivity (Wildman–Crippen MR) is 83.8 cm³/mol. The molecule has 5 nitrogen and oxygen atoms in total. The number of nitrogens with one attached hydrogen (secondary N) is 1. The second-order valence-corrected chi connectivity index (χ2v) is 4.87. The molecule has 21 heavy (non-hydrogen) atoms. The monoisotopic (exact) mass is 289 g/mol. The van der Waals surface area contributed by atoms with E-state index in [2.05, 4.69) is 34.8 Å². The average Bonchev–Trinajstić information content (AvgIpc) is 2.94. The van der Waals surface area contributed by atoms with Gasteiger partial charge in [-0.3, -0.25) is 0 Å². The first kappa shape index (κ1) is 15.4. The third-order valence-corrected chi connectivity index (χ3v) is 3.28. The number of hydrogen-bond donors (Lipinski definition) is 1. The van der Waals surface area contributed by atoms with Crippen LogP contribution in [-0.4, -0.2) is 29.9 Å². The van der Waals surface area contributed by atoms with E-state index in [0.717, 1.165) is 30.2 Å². The molecule has 0 aliphatic carbocycles. The van der Waals surface area contributed by atoms with E-state index in [1.54, 1.807) is 7.11 Å². The molecule has 0 saturated carbocycles. The molecule has 1 heterocycles. The van der Waals surface area contributed by atoms with E-state index in [0.29, 0.717) is 13.2 Å². The van der Waals surface area contributed by atoms with Crippen LogP contribution in [-0.2, 0) is 17.8 Å². The number of benzene rings is 1. The first-order chi connectivity index (χ1) is 10.2. The standard InChI is InChI=1S/C16H23N3O2/c1-4-19-12-17-10-14(19)11-18-15-6-5-13(2)9-16(15)21-8-7-20-3/h5-6,9-10,12,18H,4,7-8,11H2,1-3H3. The van der Waals surface area contributed by atoms with Gasteiger partial charge in [0.25, 0.3) is 0 Å². The number of ether oxygens (including phenoxy) is 2. The highest BCUT2D eigenvalue weighted by atomic mass is 16.5. The minimum Gasteiger partial charge on any atom is -0.489 e. The molecular formula is C16H23N3O2. The van der Waals surface area contributed by atoms with Crippen LogP contribution in [0.1, 0.15) is 18.2 Å². The highest BCUT2D eigenvalue weighted by Crippen LogP contribution is 2.26. The molecule has 1 aromatic carbocycles. The van der Waals surface area contributed by atoms with Crippen molar-refractivity contribution in [2.24, 2.45) is 0 Å². The molecule has 0 unspecified atom stereocenters. The van der Waals surface area contributed by atoms with Crippen molar-refractivity contribution < 1.29 is 9.47 Å². The van der Waals surface area contributed by atoms with Crippen LogP contribution in [0.5, 0.6) is 5.75 Å². The summed E-state index contributed by atoms with van der Waals surface area (Å²) in [5.74, 6) is 0.856. The zero-order valence-corrected chi connectivity index (χ0v) is 12.9. The summed E-state index contributed by atoms with van der Waals surface area (Å²) in [6.45, 7) is 6.92. The van der Waals surface area contributed by atoms with E-state index in [4.69, 9.17) is 9.47 Å². The Morgan fingerprint density at radius 2 is 2.14 bits per heavy atom. The quantitative estimate of drug-likeness (QED) is 0.759. The van der Waals surface area contributed by atoms with Gasteiger partial charge in [0.1, 0.15) is 12.4 Å². The van der Waals surface area contributed by atoms with Crippen LogP contribution >= 0.6 is 0 Å². The molecule has 0 saturated heterocycles. The number of rotatable bonds is 8. The fourth-order valence-corrected chi connectivity index (χ4v) is 2.10. The second-order valence-electron chi connectivity index (χ2n) is 4.87. The van der Waals surface area contributed by atoms with Crippen molar-refractivity contribution in [2.45, 2.75) is 26.9 Å². The molecule has 114 valence electrons. The molecule has 5 heteroatoms. The van der Waals surface area contributed by atoms with Crippen molar-refractivity contribution in [3.8, 4) is 5.75 Å². The maximum atomic E-state index is 5.77. The van der Waals surface area contributed by atoms with Gasteiger partial charge in [-0.25, -0.2) is 4.98 Å². The van der Waals surface area contributed by atoms with Crippen molar-refractivity contribution >= 4 is 5.69 Å². The summed E-state index contributed by atoms with van der Waals surface area (Å²) in [5.41, 5.74) is 3.31. The molecule has 0 spiro atoms. The van der Waals surface area contributed by atoms with Gasteiger partial charge in [0.15, 0.2) is 0 Å². The number of anilines is 1. The molecule has 0 fully saturated rings. The van der Waals surface area contributed by atoms with Crippen LogP contribution in [0, 0.1) is 6.92 Å². The van der Waals surface area contributed by atoms with E-state index in [1.165, 1.54) is 5.56 Å². The molecule has 1 aromatic heterocycles. The summed E-state index contributed by atoms with van der Waals surface area (Å²) in [4.78, 5) is 4.18. The maximum absolute atomic E-state index is 5.77. The number of nitrogens with zero attached hydrogens (tertiary/aromatic N) is 2. The Labute approximate surface area is 125 Å². The average molecular weight is 289 g/mol. The van der Waals surface area contributed by atoms with E-state index < -0.39 is 0 Å². The Kier molecular flexibility index (Phi) is 5.63. The molecule has 0 aliphatic heterocycles. The van der Waals surface area contributed by atoms with Gasteiger partial charge in [-0.2, -0.15) is 0 Å². The molecule has 0 radical (unpaired) electrons. The summed E-state index contributed by atoms with van der Waals surface area (Å²) < 4.78 is 12.9. The maximum Gasteiger partial charge on any atom is 0.142 e. The molecule has 1 N–H and O–H groups in total. The van der Waals surface area contributed by atoms with Gasteiger partial charge in [0.2, 0.25) is 0 Å². The van der Waals surface area contributed by atoms with Crippen LogP contribution in [0.15, 0.2) is 30.7 Å². The Bertz CT molecular complexity index is 566. The van der Waals surface area contributed by atoms with Crippen molar-refractivity contribution in [1.82, 2.24) is 9.55 Å². The summed E-state index contributed by atoms with van der Waals surface area (Å²) in [6, 6.07) is 6.15. The molecule has 0 amide bonds. The number of methoxy groups -OCH3 is 1. The van der Waals surface area contributed by atoms with E-state index in [-0.39, 0.29) is 0 Å². The first-order valence-electron chi connectivity index (χ1n) is 7.20. The molecule has 2 rings (SSSR count). The molecule has 0 bridgehead atoms. The largest absolute Gasteiger partial charge is 0.489 e. The summed E-state index contributed by atoms with van der Waals surface area (Å²) >= 11 is 0. The van der Waals surface area contributed by atoms with Crippen LogP contribution in [0.4, 0.5) is 5.69 Å². The van der Waals surface area contributed by atoms with Gasteiger partial charge in [0, 0.05) is 19.9 Å². The molecule has 2 aromatic rings. The van der Waals surface area contributed by atoms with Gasteiger partial charge in [0.05, 0.1) is 30.9 Å². The summed E-state index contributed by atoms with van der Waals surface area (Å²) in [5, 5.41) is 3.42. The normalized spacial score (nSPS) is 10.6. The lowest BCUT2D eigenvalue weighted by Gasteiger charge is -2.14. The third-order valence-electron chi connectivity index (χ3n) is 3.28. The van der Waals surface area contributed by atoms with Crippen LogP contribution < -0.4 is 10.1 Å². The van der Waals surface area contributed by atoms with Gasteiger partial charge in [-0.15, -0.1) is 0 Å². The highest BCUT2D eigenvalue weighted by molar-refractivity contribution is 5.57. The highest BCUT2D eigenvalue weighted by Gasteiger charge is 2.06. The lowest BCUT2D eigenvalue weighted by molar-refractivity contribution is 0.146. The first-order valence-corrected chi connectivity index (χ1v) is 7.20. The van der Waals surface area contributed by atoms with E-state index in [1.807, 2.05) is 24.7 Å². The van der Waals surface area contributed by atoms with E-state index >= 15 is 0 Å². The zero-order valence-electron chi connectivity index (χ0n) is 12.9. The summed E-state index contributed by atoms with van der Waals surface area (Å²) in [7, 11) is 1.67. The molecule has 0 aliphatic rings. The Morgan fingerprint density at radius 1 is 1.29 bits per heavy atom. The Hall–Kier alpha value is -2.01.